The molecule has 4 nitrogen and oxygen atoms in total. The average molecular weight is 232 g/mol. The Kier molecular flexibility index (Phi) is 2.65. The summed E-state index contributed by atoms with van der Waals surface area (Å²) in [5, 5.41) is 8.44. The molecule has 0 spiro atoms. The summed E-state index contributed by atoms with van der Waals surface area (Å²) < 4.78 is 2.06. The van der Waals surface area contributed by atoms with Crippen molar-refractivity contribution in [2.45, 2.75) is 6.54 Å². The third-order valence-electron chi connectivity index (χ3n) is 1.32. The number of carboxylic acids is 1. The lowest BCUT2D eigenvalue weighted by atomic mass is 10.5. The molecule has 0 aromatic carbocycles. The minimum absolute atomic E-state index is 0.195. The maximum Gasteiger partial charge on any atom is 0.323 e. The Labute approximate surface area is 76.9 Å². The van der Waals surface area contributed by atoms with E-state index in [4.69, 9.17) is 5.11 Å². The van der Waals surface area contributed by atoms with Crippen molar-refractivity contribution in [2.75, 3.05) is 0 Å². The first-order valence-electron chi connectivity index (χ1n) is 3.16. The average Bonchev–Trinajstić information content (AvgIpc) is 2.29. The van der Waals surface area contributed by atoms with Crippen LogP contribution in [0.25, 0.3) is 0 Å². The van der Waals surface area contributed by atoms with Crippen LogP contribution in [0.1, 0.15) is 10.5 Å². The Morgan fingerprint density at radius 1 is 1.75 bits per heavy atom. The predicted octanol–water partition coefficient (Wildman–Crippen LogP) is 1.15. The van der Waals surface area contributed by atoms with Gasteiger partial charge >= 0.3 is 5.97 Å². The van der Waals surface area contributed by atoms with Crippen LogP contribution in [0, 0.1) is 0 Å². The van der Waals surface area contributed by atoms with Gasteiger partial charge in [0.2, 0.25) is 0 Å². The zero-order chi connectivity index (χ0) is 9.14. The first kappa shape index (κ1) is 8.99. The molecule has 0 atom stereocenters. The highest BCUT2D eigenvalue weighted by molar-refractivity contribution is 9.10. The first-order chi connectivity index (χ1) is 5.63. The number of halogens is 1. The maximum atomic E-state index is 10.4. The van der Waals surface area contributed by atoms with Gasteiger partial charge in [-0.05, 0) is 22.0 Å². The van der Waals surface area contributed by atoms with E-state index in [0.717, 1.165) is 0 Å². The molecule has 1 aromatic rings. The van der Waals surface area contributed by atoms with Gasteiger partial charge in [-0.1, -0.05) is 0 Å². The Hall–Kier alpha value is -1.10. The van der Waals surface area contributed by atoms with Crippen molar-refractivity contribution in [3.05, 3.63) is 22.4 Å². The highest BCUT2D eigenvalue weighted by Crippen LogP contribution is 2.13. The topological polar surface area (TPSA) is 59.3 Å². The van der Waals surface area contributed by atoms with Gasteiger partial charge in [0.15, 0.2) is 6.29 Å². The summed E-state index contributed by atoms with van der Waals surface area (Å²) in [4.78, 5) is 20.7. The molecule has 1 rings (SSSR count). The SMILES string of the molecule is O=Cc1cc(Br)cn1CC(=O)O. The molecular weight excluding hydrogens is 226 g/mol. The lowest BCUT2D eigenvalue weighted by molar-refractivity contribution is -0.137. The summed E-state index contributed by atoms with van der Waals surface area (Å²) >= 11 is 3.14. The van der Waals surface area contributed by atoms with Crippen molar-refractivity contribution in [3.63, 3.8) is 0 Å². The third-order valence-corrected chi connectivity index (χ3v) is 1.76. The van der Waals surface area contributed by atoms with E-state index in [-0.39, 0.29) is 6.54 Å². The molecule has 5 heteroatoms. The van der Waals surface area contributed by atoms with Gasteiger partial charge in [0, 0.05) is 10.7 Å². The standard InChI is InChI=1S/C7H6BrNO3/c8-5-1-6(4-10)9(2-5)3-7(11)12/h1-2,4H,3H2,(H,11,12). The van der Waals surface area contributed by atoms with Crippen LogP contribution in [0.3, 0.4) is 0 Å². The zero-order valence-electron chi connectivity index (χ0n) is 6.03. The molecule has 1 aromatic heterocycles. The second-order valence-electron chi connectivity index (χ2n) is 2.22. The molecule has 0 aliphatic heterocycles. The van der Waals surface area contributed by atoms with Crippen LogP contribution in [-0.2, 0) is 11.3 Å². The van der Waals surface area contributed by atoms with E-state index in [1.807, 2.05) is 0 Å². The fourth-order valence-electron chi connectivity index (χ4n) is 0.869. The van der Waals surface area contributed by atoms with E-state index < -0.39 is 5.97 Å². The molecule has 0 aliphatic rings. The summed E-state index contributed by atoms with van der Waals surface area (Å²) in [6, 6.07) is 1.57. The molecule has 0 saturated carbocycles. The summed E-state index contributed by atoms with van der Waals surface area (Å²) in [5.41, 5.74) is 0.351. The molecule has 1 heterocycles. The summed E-state index contributed by atoms with van der Waals surface area (Å²) in [6.07, 6.45) is 2.17. The molecule has 64 valence electrons. The van der Waals surface area contributed by atoms with E-state index in [1.54, 1.807) is 12.3 Å². The van der Waals surface area contributed by atoms with E-state index in [0.29, 0.717) is 16.5 Å². The van der Waals surface area contributed by atoms with Crippen molar-refractivity contribution in [1.82, 2.24) is 4.57 Å². The van der Waals surface area contributed by atoms with Crippen LogP contribution < -0.4 is 0 Å². The molecule has 1 N–H and O–H groups in total. The van der Waals surface area contributed by atoms with Crippen molar-refractivity contribution in [3.8, 4) is 0 Å². The van der Waals surface area contributed by atoms with Gasteiger partial charge in [-0.3, -0.25) is 9.59 Å². The van der Waals surface area contributed by atoms with E-state index in [9.17, 15) is 9.59 Å². The van der Waals surface area contributed by atoms with Gasteiger partial charge in [-0.25, -0.2) is 0 Å². The third kappa shape index (κ3) is 1.94. The molecular formula is C7H6BrNO3. The van der Waals surface area contributed by atoms with Gasteiger partial charge in [-0.15, -0.1) is 0 Å². The number of carbonyl (C=O) groups is 2. The van der Waals surface area contributed by atoms with Crippen molar-refractivity contribution in [1.29, 1.82) is 0 Å². The zero-order valence-corrected chi connectivity index (χ0v) is 7.61. The van der Waals surface area contributed by atoms with Crippen molar-refractivity contribution >= 4 is 28.2 Å². The lowest BCUT2D eigenvalue weighted by Gasteiger charge is -1.98. The number of nitrogens with zero attached hydrogens (tertiary/aromatic N) is 1. The number of hydrogen-bond acceptors (Lipinski definition) is 2. The number of aliphatic carboxylic acids is 1. The number of aromatic nitrogens is 1. The van der Waals surface area contributed by atoms with Crippen LogP contribution in [-0.4, -0.2) is 21.9 Å². The minimum atomic E-state index is -0.971. The van der Waals surface area contributed by atoms with Gasteiger partial charge in [0.25, 0.3) is 0 Å². The van der Waals surface area contributed by atoms with Crippen LogP contribution in [0.15, 0.2) is 16.7 Å². The minimum Gasteiger partial charge on any atom is -0.480 e. The summed E-state index contributed by atoms with van der Waals surface area (Å²) in [7, 11) is 0. The van der Waals surface area contributed by atoms with Crippen molar-refractivity contribution < 1.29 is 14.7 Å². The number of hydrogen-bond donors (Lipinski definition) is 1. The van der Waals surface area contributed by atoms with Crippen LogP contribution in [0.5, 0.6) is 0 Å². The molecule has 0 unspecified atom stereocenters. The van der Waals surface area contributed by atoms with Gasteiger partial charge in [0.1, 0.15) is 6.54 Å². The van der Waals surface area contributed by atoms with Crippen molar-refractivity contribution in [2.24, 2.45) is 0 Å². The molecule has 0 saturated heterocycles. The first-order valence-corrected chi connectivity index (χ1v) is 3.95. The fraction of sp³-hybridized carbons (Fsp3) is 0.143. The Bertz CT molecular complexity index is 318. The molecule has 0 fully saturated rings. The number of aldehydes is 1. The molecule has 0 amide bonds. The Morgan fingerprint density at radius 3 is 2.92 bits per heavy atom. The molecule has 0 radical (unpaired) electrons. The molecule has 0 bridgehead atoms. The molecule has 0 aliphatic carbocycles. The van der Waals surface area contributed by atoms with Crippen LogP contribution in [0.2, 0.25) is 0 Å². The quantitative estimate of drug-likeness (QED) is 0.795. The van der Waals surface area contributed by atoms with E-state index in [1.165, 1.54) is 4.57 Å². The lowest BCUT2D eigenvalue weighted by Crippen LogP contribution is -2.09. The van der Waals surface area contributed by atoms with Gasteiger partial charge in [-0.2, -0.15) is 0 Å². The number of carboxylic acid groups (broad SMARTS) is 1. The van der Waals surface area contributed by atoms with Gasteiger partial charge < -0.3 is 9.67 Å². The maximum absolute atomic E-state index is 10.4. The Balaban J connectivity index is 2.96. The van der Waals surface area contributed by atoms with E-state index >= 15 is 0 Å². The highest BCUT2D eigenvalue weighted by atomic mass is 79.9. The summed E-state index contributed by atoms with van der Waals surface area (Å²) in [5.74, 6) is -0.971. The normalized spacial score (nSPS) is 9.75. The second kappa shape index (κ2) is 3.53. The fourth-order valence-corrected chi connectivity index (χ4v) is 1.35. The smallest absolute Gasteiger partial charge is 0.323 e. The Morgan fingerprint density at radius 2 is 2.42 bits per heavy atom. The number of rotatable bonds is 3. The highest BCUT2D eigenvalue weighted by Gasteiger charge is 2.05. The van der Waals surface area contributed by atoms with Crippen LogP contribution >= 0.6 is 15.9 Å². The second-order valence-corrected chi connectivity index (χ2v) is 3.14. The largest absolute Gasteiger partial charge is 0.480 e. The van der Waals surface area contributed by atoms with E-state index in [2.05, 4.69) is 15.9 Å². The monoisotopic (exact) mass is 231 g/mol. The predicted molar refractivity (Wildman–Crippen MR) is 45.2 cm³/mol. The van der Waals surface area contributed by atoms with Crippen LogP contribution in [0.4, 0.5) is 0 Å². The molecule has 12 heavy (non-hydrogen) atoms. The number of carbonyl (C=O) groups excluding carboxylic acids is 1. The summed E-state index contributed by atoms with van der Waals surface area (Å²) in [6.45, 7) is -0.195. The van der Waals surface area contributed by atoms with Gasteiger partial charge in [0.05, 0.1) is 5.69 Å².